The minimum Gasteiger partial charge on any atom is -0.370 e. The number of guanidine groups is 1. The lowest BCUT2D eigenvalue weighted by Crippen LogP contribution is -2.38. The van der Waals surface area contributed by atoms with Crippen LogP contribution >= 0.6 is 0 Å². The van der Waals surface area contributed by atoms with E-state index >= 15 is 0 Å². The van der Waals surface area contributed by atoms with Gasteiger partial charge in [-0.05, 0) is 26.9 Å². The molecule has 0 amide bonds. The Balaban J connectivity index is 2.24. The topological polar surface area (TPSA) is 44.9 Å². The molecule has 2 N–H and O–H groups in total. The average Bonchev–Trinajstić information content (AvgIpc) is 2.83. The van der Waals surface area contributed by atoms with E-state index in [1.807, 2.05) is 11.9 Å². The number of hydrogen-bond donors (Lipinski definition) is 1. The van der Waals surface area contributed by atoms with E-state index < -0.39 is 0 Å². The van der Waals surface area contributed by atoms with Gasteiger partial charge in [0.25, 0.3) is 0 Å². The van der Waals surface area contributed by atoms with Gasteiger partial charge in [-0.15, -0.1) is 0 Å². The second kappa shape index (κ2) is 4.46. The highest BCUT2D eigenvalue weighted by Gasteiger charge is 2.21. The Morgan fingerprint density at radius 3 is 2.38 bits per heavy atom. The Hall–Kier alpha value is -0.770. The maximum Gasteiger partial charge on any atom is 0.191 e. The fraction of sp³-hybridized carbons (Fsp3) is 0.889. The van der Waals surface area contributed by atoms with E-state index in [1.54, 1.807) is 0 Å². The zero-order valence-corrected chi connectivity index (χ0v) is 8.82. The maximum atomic E-state index is 5.80. The van der Waals surface area contributed by atoms with Crippen LogP contribution in [0.15, 0.2) is 4.99 Å². The molecule has 1 aliphatic rings. The Labute approximate surface area is 80.4 Å². The smallest absolute Gasteiger partial charge is 0.191 e. The molecule has 0 aromatic carbocycles. The molecule has 1 aliphatic carbocycles. The Bertz CT molecular complexity index is 184. The van der Waals surface area contributed by atoms with Crippen molar-refractivity contribution in [1.82, 2.24) is 9.80 Å². The van der Waals surface area contributed by atoms with Gasteiger partial charge in [0, 0.05) is 20.1 Å². The van der Waals surface area contributed by atoms with Gasteiger partial charge in [0.1, 0.15) is 0 Å². The molecule has 0 saturated heterocycles. The molecule has 0 heterocycles. The van der Waals surface area contributed by atoms with Crippen molar-refractivity contribution in [2.24, 2.45) is 10.7 Å². The maximum absolute atomic E-state index is 5.80. The van der Waals surface area contributed by atoms with Gasteiger partial charge in [0.2, 0.25) is 0 Å². The monoisotopic (exact) mass is 184 g/mol. The fourth-order valence-corrected chi connectivity index (χ4v) is 0.954. The number of nitrogens with zero attached hydrogens (tertiary/aromatic N) is 3. The van der Waals surface area contributed by atoms with Crippen LogP contribution in [0.2, 0.25) is 0 Å². The molecule has 13 heavy (non-hydrogen) atoms. The van der Waals surface area contributed by atoms with Crippen molar-refractivity contribution >= 4 is 5.96 Å². The Morgan fingerprint density at radius 2 is 1.92 bits per heavy atom. The first kappa shape index (κ1) is 10.3. The SMILES string of the molecule is CN(C)CCN(C)C(N)=NC1CC1. The van der Waals surface area contributed by atoms with Crippen LogP contribution in [-0.4, -0.2) is 56.0 Å². The third-order valence-electron chi connectivity index (χ3n) is 2.14. The van der Waals surface area contributed by atoms with E-state index in [2.05, 4.69) is 24.0 Å². The third kappa shape index (κ3) is 4.12. The standard InChI is InChI=1S/C9H20N4/c1-12(2)6-7-13(3)9(10)11-8-4-5-8/h8H,4-7H2,1-3H3,(H2,10,11). The van der Waals surface area contributed by atoms with Crippen LogP contribution in [0.5, 0.6) is 0 Å². The second-order valence-corrected chi connectivity index (χ2v) is 3.94. The lowest BCUT2D eigenvalue weighted by molar-refractivity contribution is 0.355. The second-order valence-electron chi connectivity index (χ2n) is 3.94. The van der Waals surface area contributed by atoms with Crippen LogP contribution in [0.25, 0.3) is 0 Å². The third-order valence-corrected chi connectivity index (χ3v) is 2.14. The van der Waals surface area contributed by atoms with Crippen molar-refractivity contribution in [3.8, 4) is 0 Å². The van der Waals surface area contributed by atoms with Gasteiger partial charge in [-0.1, -0.05) is 0 Å². The largest absolute Gasteiger partial charge is 0.370 e. The number of aliphatic imine (C=N–C) groups is 1. The quantitative estimate of drug-likeness (QED) is 0.492. The lowest BCUT2D eigenvalue weighted by Gasteiger charge is -2.20. The van der Waals surface area contributed by atoms with Crippen LogP contribution in [0, 0.1) is 0 Å². The van der Waals surface area contributed by atoms with Crippen LogP contribution in [0.3, 0.4) is 0 Å². The minimum atomic E-state index is 0.516. The molecular formula is C9H20N4. The van der Waals surface area contributed by atoms with Gasteiger partial charge >= 0.3 is 0 Å². The summed E-state index contributed by atoms with van der Waals surface area (Å²) in [5.41, 5.74) is 5.80. The highest BCUT2D eigenvalue weighted by molar-refractivity contribution is 5.78. The zero-order valence-electron chi connectivity index (χ0n) is 8.82. The molecule has 0 unspecified atom stereocenters. The highest BCUT2D eigenvalue weighted by Crippen LogP contribution is 2.23. The summed E-state index contributed by atoms with van der Waals surface area (Å²) in [6, 6.07) is 0.516. The normalized spacial score (nSPS) is 18.0. The van der Waals surface area contributed by atoms with E-state index in [-0.39, 0.29) is 0 Å². The summed E-state index contributed by atoms with van der Waals surface area (Å²) >= 11 is 0. The number of hydrogen-bond acceptors (Lipinski definition) is 2. The highest BCUT2D eigenvalue weighted by atomic mass is 15.3. The first-order chi connectivity index (χ1) is 6.09. The molecule has 4 nitrogen and oxygen atoms in total. The Morgan fingerprint density at radius 1 is 1.31 bits per heavy atom. The van der Waals surface area contributed by atoms with Crippen LogP contribution in [0.4, 0.5) is 0 Å². The first-order valence-electron chi connectivity index (χ1n) is 4.78. The van der Waals surface area contributed by atoms with Gasteiger partial charge in [-0.2, -0.15) is 0 Å². The average molecular weight is 184 g/mol. The number of likely N-dealkylation sites (N-methyl/N-ethyl adjacent to an activating group) is 2. The van der Waals surface area contributed by atoms with Gasteiger partial charge in [-0.3, -0.25) is 0 Å². The van der Waals surface area contributed by atoms with Crippen LogP contribution in [0.1, 0.15) is 12.8 Å². The molecule has 1 fully saturated rings. The van der Waals surface area contributed by atoms with Crippen molar-refractivity contribution < 1.29 is 0 Å². The number of nitrogens with two attached hydrogens (primary N) is 1. The fourth-order valence-electron chi connectivity index (χ4n) is 0.954. The van der Waals surface area contributed by atoms with Crippen molar-refractivity contribution in [3.63, 3.8) is 0 Å². The first-order valence-corrected chi connectivity index (χ1v) is 4.78. The van der Waals surface area contributed by atoms with Crippen molar-refractivity contribution in [1.29, 1.82) is 0 Å². The van der Waals surface area contributed by atoms with Gasteiger partial charge in [0.05, 0.1) is 6.04 Å². The van der Waals surface area contributed by atoms with Gasteiger partial charge in [-0.25, -0.2) is 4.99 Å². The van der Waals surface area contributed by atoms with E-state index in [1.165, 1.54) is 12.8 Å². The molecule has 1 rings (SSSR count). The molecule has 0 spiro atoms. The van der Waals surface area contributed by atoms with Crippen molar-refractivity contribution in [2.45, 2.75) is 18.9 Å². The molecule has 0 aromatic rings. The van der Waals surface area contributed by atoms with E-state index in [4.69, 9.17) is 5.73 Å². The summed E-state index contributed by atoms with van der Waals surface area (Å²) in [7, 11) is 6.11. The molecule has 1 saturated carbocycles. The van der Waals surface area contributed by atoms with Crippen LogP contribution in [-0.2, 0) is 0 Å². The predicted molar refractivity (Wildman–Crippen MR) is 55.8 cm³/mol. The summed E-state index contributed by atoms with van der Waals surface area (Å²) in [4.78, 5) is 8.52. The summed E-state index contributed by atoms with van der Waals surface area (Å²) < 4.78 is 0. The molecular weight excluding hydrogens is 164 g/mol. The summed E-state index contributed by atoms with van der Waals surface area (Å²) in [5, 5.41) is 0. The Kier molecular flexibility index (Phi) is 3.54. The zero-order chi connectivity index (χ0) is 9.84. The molecule has 0 aromatic heterocycles. The van der Waals surface area contributed by atoms with Crippen molar-refractivity contribution in [3.05, 3.63) is 0 Å². The summed E-state index contributed by atoms with van der Waals surface area (Å²) in [5.74, 6) is 0.685. The van der Waals surface area contributed by atoms with E-state index in [9.17, 15) is 0 Å². The minimum absolute atomic E-state index is 0.516. The van der Waals surface area contributed by atoms with Gasteiger partial charge < -0.3 is 15.5 Å². The van der Waals surface area contributed by atoms with Crippen molar-refractivity contribution in [2.75, 3.05) is 34.2 Å². The van der Waals surface area contributed by atoms with E-state index in [0.717, 1.165) is 13.1 Å². The van der Waals surface area contributed by atoms with E-state index in [0.29, 0.717) is 12.0 Å². The summed E-state index contributed by atoms with van der Waals surface area (Å²) in [6.07, 6.45) is 2.42. The molecule has 0 radical (unpaired) electrons. The lowest BCUT2D eigenvalue weighted by atomic mass is 10.5. The molecule has 0 atom stereocenters. The molecule has 4 heteroatoms. The number of rotatable bonds is 4. The molecule has 76 valence electrons. The summed E-state index contributed by atoms with van der Waals surface area (Å²) in [6.45, 7) is 1.95. The predicted octanol–water partition coefficient (Wildman–Crippen LogP) is -0.0431. The van der Waals surface area contributed by atoms with Gasteiger partial charge in [0.15, 0.2) is 5.96 Å². The van der Waals surface area contributed by atoms with Crippen LogP contribution < -0.4 is 5.73 Å². The molecule has 0 aliphatic heterocycles. The molecule has 0 bridgehead atoms.